The summed E-state index contributed by atoms with van der Waals surface area (Å²) in [6.07, 6.45) is -0.172. The van der Waals surface area contributed by atoms with Crippen LogP contribution in [0.3, 0.4) is 0 Å². The van der Waals surface area contributed by atoms with Crippen LogP contribution in [0.5, 0.6) is 0 Å². The summed E-state index contributed by atoms with van der Waals surface area (Å²) in [6, 6.07) is 0. The molecule has 7 heteroatoms. The van der Waals surface area contributed by atoms with Crippen molar-refractivity contribution in [3.63, 3.8) is 0 Å². The third kappa shape index (κ3) is 4.79. The van der Waals surface area contributed by atoms with Crippen LogP contribution >= 0.6 is 6.49 Å². The molecule has 0 fully saturated rings. The maximum absolute atomic E-state index is 10.4. The van der Waals surface area contributed by atoms with E-state index in [9.17, 15) is 4.79 Å². The molecule has 5 N–H and O–H groups in total. The smallest absolute Gasteiger partial charge is 0.323 e. The van der Waals surface area contributed by atoms with E-state index in [2.05, 4.69) is 11.8 Å². The Morgan fingerprint density at radius 2 is 2.08 bits per heavy atom. The zero-order valence-corrected chi connectivity index (χ0v) is 8.31. The number of hydrogen-bond acceptors (Lipinski definition) is 3. The van der Waals surface area contributed by atoms with Crippen LogP contribution in [0.1, 0.15) is 13.3 Å². The Morgan fingerprint density at radius 1 is 1.67 bits per heavy atom. The van der Waals surface area contributed by atoms with Crippen LogP contribution in [-0.2, 0) is 16.6 Å². The van der Waals surface area contributed by atoms with Gasteiger partial charge in [-0.1, -0.05) is 0 Å². The molecule has 72 valence electrons. The van der Waals surface area contributed by atoms with E-state index >= 15 is 0 Å². The van der Waals surface area contributed by atoms with Crippen molar-refractivity contribution in [3.8, 4) is 0 Å². The molecular formula is C5H12NO4PS. The number of nitrogens with two attached hydrogens (primary N) is 1. The monoisotopic (exact) mass is 213 g/mol. The van der Waals surface area contributed by atoms with Gasteiger partial charge in [-0.05, 0) is 25.2 Å². The van der Waals surface area contributed by atoms with Crippen LogP contribution in [0.2, 0.25) is 0 Å². The number of aliphatic carboxylic acids is 1. The Balaban J connectivity index is 4.10. The lowest BCUT2D eigenvalue weighted by Crippen LogP contribution is -2.45. The topological polar surface area (TPSA) is 104 Å². The van der Waals surface area contributed by atoms with Gasteiger partial charge < -0.3 is 20.6 Å². The first-order valence-corrected chi connectivity index (χ1v) is 6.11. The predicted molar refractivity (Wildman–Crippen MR) is 48.4 cm³/mol. The number of carbonyl (C=O) groups is 1. The van der Waals surface area contributed by atoms with E-state index < -0.39 is 18.0 Å². The van der Waals surface area contributed by atoms with Gasteiger partial charge in [0, 0.05) is 6.16 Å². The molecule has 0 aliphatic carbocycles. The van der Waals surface area contributed by atoms with Crippen LogP contribution in [-0.4, -0.2) is 32.6 Å². The van der Waals surface area contributed by atoms with Gasteiger partial charge in [-0.25, -0.2) is 0 Å². The van der Waals surface area contributed by atoms with Crippen LogP contribution in [0.4, 0.5) is 0 Å². The van der Waals surface area contributed by atoms with Gasteiger partial charge in [0.05, 0.1) is 0 Å². The van der Waals surface area contributed by atoms with Crippen molar-refractivity contribution < 1.29 is 19.7 Å². The molecule has 0 aliphatic rings. The Labute approximate surface area is 75.4 Å². The zero-order chi connectivity index (χ0) is 9.99. The first-order valence-electron chi connectivity index (χ1n) is 3.22. The highest BCUT2D eigenvalue weighted by molar-refractivity contribution is 8.09. The fourth-order valence-corrected chi connectivity index (χ4v) is 1.51. The minimum atomic E-state index is -3.31. The molecule has 0 heterocycles. The van der Waals surface area contributed by atoms with Crippen LogP contribution < -0.4 is 5.73 Å². The van der Waals surface area contributed by atoms with Gasteiger partial charge in [-0.2, -0.15) is 0 Å². The molecule has 0 aromatic heterocycles. The van der Waals surface area contributed by atoms with Gasteiger partial charge in [0.1, 0.15) is 5.54 Å². The van der Waals surface area contributed by atoms with Gasteiger partial charge in [0.15, 0.2) is 6.49 Å². The van der Waals surface area contributed by atoms with Crippen LogP contribution in [0.15, 0.2) is 0 Å². The Hall–Kier alpha value is 0. The predicted octanol–water partition coefficient (Wildman–Crippen LogP) is -0.527. The summed E-state index contributed by atoms with van der Waals surface area (Å²) in [5.74, 6) is -1.18. The molecule has 0 aromatic rings. The molecule has 0 rings (SSSR count). The molecule has 0 saturated carbocycles. The molecule has 5 nitrogen and oxygen atoms in total. The molecular weight excluding hydrogens is 201 g/mol. The summed E-state index contributed by atoms with van der Waals surface area (Å²) in [4.78, 5) is 28.0. The van der Waals surface area contributed by atoms with E-state index in [0.29, 0.717) is 0 Å². The molecule has 0 amide bonds. The molecule has 0 spiro atoms. The Bertz CT molecular complexity index is 223. The van der Waals surface area contributed by atoms with Gasteiger partial charge in [-0.3, -0.25) is 4.79 Å². The summed E-state index contributed by atoms with van der Waals surface area (Å²) < 4.78 is 0. The second-order valence-corrected chi connectivity index (χ2v) is 6.39. The van der Waals surface area contributed by atoms with Crippen molar-refractivity contribution >= 4 is 24.3 Å². The van der Waals surface area contributed by atoms with E-state index in [-0.39, 0.29) is 12.6 Å². The van der Waals surface area contributed by atoms with E-state index in [4.69, 9.17) is 20.6 Å². The summed E-state index contributed by atoms with van der Waals surface area (Å²) in [5.41, 5.74) is 3.88. The molecule has 0 unspecified atom stereocenters. The Morgan fingerprint density at radius 3 is 2.33 bits per heavy atom. The second-order valence-electron chi connectivity index (χ2n) is 2.86. The van der Waals surface area contributed by atoms with Crippen LogP contribution in [0, 0.1) is 0 Å². The van der Waals surface area contributed by atoms with Crippen LogP contribution in [0.25, 0.3) is 0 Å². The number of rotatable bonds is 4. The highest BCUT2D eigenvalue weighted by Gasteiger charge is 2.29. The van der Waals surface area contributed by atoms with Crippen molar-refractivity contribution in [3.05, 3.63) is 0 Å². The van der Waals surface area contributed by atoms with Gasteiger partial charge in [-0.15, -0.1) is 0 Å². The molecule has 0 aliphatic heterocycles. The van der Waals surface area contributed by atoms with Gasteiger partial charge in [0.25, 0.3) is 0 Å². The SMILES string of the molecule is C[C@](N)(CCP(O)(O)=S)C(=O)O. The number of carboxylic acids is 1. The average molecular weight is 213 g/mol. The lowest BCUT2D eigenvalue weighted by molar-refractivity contribution is -0.142. The molecule has 1 atom stereocenters. The lowest BCUT2D eigenvalue weighted by atomic mass is 10.0. The molecule has 0 aromatic carbocycles. The van der Waals surface area contributed by atoms with Crippen molar-refractivity contribution in [2.24, 2.45) is 5.73 Å². The largest absolute Gasteiger partial charge is 0.480 e. The summed E-state index contributed by atoms with van der Waals surface area (Å²) in [6.45, 7) is -2.01. The van der Waals surface area contributed by atoms with Crippen molar-refractivity contribution in [2.75, 3.05) is 6.16 Å². The molecule has 0 saturated heterocycles. The summed E-state index contributed by atoms with van der Waals surface area (Å²) in [5, 5.41) is 8.53. The first kappa shape index (κ1) is 12.0. The average Bonchev–Trinajstić information content (AvgIpc) is 1.82. The van der Waals surface area contributed by atoms with Gasteiger partial charge in [0.2, 0.25) is 0 Å². The third-order valence-electron chi connectivity index (χ3n) is 1.41. The van der Waals surface area contributed by atoms with Crippen molar-refractivity contribution in [2.45, 2.75) is 18.9 Å². The quantitative estimate of drug-likeness (QED) is 0.468. The van der Waals surface area contributed by atoms with Crippen molar-refractivity contribution in [1.82, 2.24) is 0 Å². The first-order chi connectivity index (χ1) is 5.15. The minimum absolute atomic E-state index is 0.0351. The number of carboxylic acid groups (broad SMARTS) is 1. The number of hydrogen-bond donors (Lipinski definition) is 4. The molecule has 0 bridgehead atoms. The zero-order valence-electron chi connectivity index (χ0n) is 6.60. The van der Waals surface area contributed by atoms with E-state index in [0.717, 1.165) is 0 Å². The Kier molecular flexibility index (Phi) is 3.81. The minimum Gasteiger partial charge on any atom is -0.480 e. The maximum Gasteiger partial charge on any atom is 0.323 e. The highest BCUT2D eigenvalue weighted by Crippen LogP contribution is 2.36. The normalized spacial score (nSPS) is 17.0. The van der Waals surface area contributed by atoms with E-state index in [1.165, 1.54) is 6.92 Å². The fourth-order valence-electron chi connectivity index (χ4n) is 0.485. The standard InChI is InChI=1S/C5H12NO4PS/c1-5(6,4(7)8)2-3-11(9,10)12/h2-3,6H2,1H3,(H,7,8)(H2,9,10,12)/t5-/m0/s1. The third-order valence-corrected chi connectivity index (χ3v) is 2.76. The van der Waals surface area contributed by atoms with E-state index in [1.807, 2.05) is 0 Å². The molecule has 12 heavy (non-hydrogen) atoms. The lowest BCUT2D eigenvalue weighted by Gasteiger charge is -2.19. The fraction of sp³-hybridized carbons (Fsp3) is 0.800. The van der Waals surface area contributed by atoms with Crippen molar-refractivity contribution in [1.29, 1.82) is 0 Å². The maximum atomic E-state index is 10.4. The molecule has 0 radical (unpaired) electrons. The second kappa shape index (κ2) is 3.81. The van der Waals surface area contributed by atoms with E-state index in [1.54, 1.807) is 0 Å². The highest BCUT2D eigenvalue weighted by atomic mass is 32.5. The van der Waals surface area contributed by atoms with Gasteiger partial charge >= 0.3 is 5.97 Å². The summed E-state index contributed by atoms with van der Waals surface area (Å²) >= 11 is 4.31. The summed E-state index contributed by atoms with van der Waals surface area (Å²) in [7, 11) is 0.